The summed E-state index contributed by atoms with van der Waals surface area (Å²) < 4.78 is 1.73. The van der Waals surface area contributed by atoms with Crippen molar-refractivity contribution in [2.45, 2.75) is 57.0 Å². The third kappa shape index (κ3) is 4.92. The van der Waals surface area contributed by atoms with Gasteiger partial charge in [-0.25, -0.2) is 0 Å². The third-order valence-electron chi connectivity index (χ3n) is 8.19. The Balaban J connectivity index is 1.55. The molecule has 1 saturated carbocycles. The summed E-state index contributed by atoms with van der Waals surface area (Å²) in [6, 6.07) is 20.7. The zero-order chi connectivity index (χ0) is 24.4. The molecule has 5 rings (SSSR count). The molecule has 2 aromatic carbocycles. The van der Waals surface area contributed by atoms with Crippen LogP contribution in [0.25, 0.3) is 10.9 Å². The minimum atomic E-state index is -0.00525. The van der Waals surface area contributed by atoms with Gasteiger partial charge in [-0.15, -0.1) is 0 Å². The van der Waals surface area contributed by atoms with Crippen LogP contribution in [0, 0.1) is 5.92 Å². The number of amides is 1. The van der Waals surface area contributed by atoms with Crippen LogP contribution >= 0.6 is 0 Å². The quantitative estimate of drug-likeness (QED) is 0.530. The maximum Gasteiger partial charge on any atom is 0.255 e. The fourth-order valence-electron chi connectivity index (χ4n) is 6.23. The van der Waals surface area contributed by atoms with Gasteiger partial charge in [0.15, 0.2) is 0 Å². The first kappa shape index (κ1) is 23.8. The van der Waals surface area contributed by atoms with E-state index in [-0.39, 0.29) is 29.3 Å². The largest absolute Gasteiger partial charge is 0.334 e. The van der Waals surface area contributed by atoms with Crippen LogP contribution in [0.3, 0.4) is 0 Å². The van der Waals surface area contributed by atoms with E-state index in [1.54, 1.807) is 4.57 Å². The molecule has 0 N–H and O–H groups in total. The monoisotopic (exact) mass is 471 g/mol. The second-order valence-electron chi connectivity index (χ2n) is 10.5. The summed E-state index contributed by atoms with van der Waals surface area (Å²) in [5.74, 6) is 0.548. The van der Waals surface area contributed by atoms with Crippen LogP contribution in [-0.2, 0) is 18.4 Å². The number of hydrogen-bond donors (Lipinski definition) is 0. The van der Waals surface area contributed by atoms with Crippen LogP contribution in [0.4, 0.5) is 0 Å². The van der Waals surface area contributed by atoms with Crippen LogP contribution in [0.5, 0.6) is 0 Å². The lowest BCUT2D eigenvalue weighted by atomic mass is 9.82. The number of piperidine rings is 1. The summed E-state index contributed by atoms with van der Waals surface area (Å²) in [5, 5.41) is 1.04. The highest BCUT2D eigenvalue weighted by molar-refractivity contribution is 5.81. The van der Waals surface area contributed by atoms with Crippen molar-refractivity contribution in [2.24, 2.45) is 13.0 Å². The number of likely N-dealkylation sites (tertiary alicyclic amines) is 1. The average molecular weight is 472 g/mol. The number of nitrogens with zero attached hydrogens (tertiary/aromatic N) is 3. The summed E-state index contributed by atoms with van der Waals surface area (Å²) in [5.41, 5.74) is 2.90. The maximum absolute atomic E-state index is 14.1. The molecule has 0 bridgehead atoms. The second kappa shape index (κ2) is 10.4. The lowest BCUT2D eigenvalue weighted by Gasteiger charge is -2.44. The van der Waals surface area contributed by atoms with Gasteiger partial charge in [0.25, 0.3) is 5.56 Å². The second-order valence-corrected chi connectivity index (χ2v) is 10.5. The fraction of sp³-hybridized carbons (Fsp3) is 0.467. The van der Waals surface area contributed by atoms with E-state index < -0.39 is 0 Å². The molecule has 5 nitrogen and oxygen atoms in total. The maximum atomic E-state index is 14.1. The Morgan fingerprint density at radius 2 is 1.66 bits per heavy atom. The first-order chi connectivity index (χ1) is 17.0. The van der Waals surface area contributed by atoms with Gasteiger partial charge in [0.1, 0.15) is 0 Å². The summed E-state index contributed by atoms with van der Waals surface area (Å²) in [4.78, 5) is 32.0. The number of likely N-dealkylation sites (N-methyl/N-ethyl adjacent to an activating group) is 1. The van der Waals surface area contributed by atoms with Crippen molar-refractivity contribution in [2.75, 3.05) is 20.1 Å². The highest BCUT2D eigenvalue weighted by atomic mass is 16.2. The lowest BCUT2D eigenvalue weighted by molar-refractivity contribution is -0.141. The van der Waals surface area contributed by atoms with Crippen LogP contribution in [0.2, 0.25) is 0 Å². The molecule has 2 heterocycles. The van der Waals surface area contributed by atoms with Gasteiger partial charge in [-0.3, -0.25) is 9.59 Å². The Labute approximate surface area is 208 Å². The number of para-hydroxylation sites is 1. The molecule has 0 spiro atoms. The summed E-state index contributed by atoms with van der Waals surface area (Å²) in [6.45, 7) is 2.25. The van der Waals surface area contributed by atoms with Gasteiger partial charge < -0.3 is 14.4 Å². The minimum Gasteiger partial charge on any atom is -0.334 e. The number of benzene rings is 2. The summed E-state index contributed by atoms with van der Waals surface area (Å²) >= 11 is 0. The molecule has 2 aliphatic rings. The number of aromatic nitrogens is 1. The van der Waals surface area contributed by atoms with E-state index >= 15 is 0 Å². The van der Waals surface area contributed by atoms with Gasteiger partial charge in [0.2, 0.25) is 5.91 Å². The van der Waals surface area contributed by atoms with Gasteiger partial charge >= 0.3 is 0 Å². The SMILES string of the molecule is CN1CCC(N(Cc2cc3ccccc3n(C)c2=O)C(=O)C2CCCCC2)C(c2ccccc2)C1. The molecule has 2 fully saturated rings. The van der Waals surface area contributed by atoms with Gasteiger partial charge in [0.05, 0.1) is 12.1 Å². The normalized spacial score (nSPS) is 21.8. The average Bonchev–Trinajstić information content (AvgIpc) is 2.91. The molecule has 3 aromatic rings. The number of carbonyl (C=O) groups is 1. The van der Waals surface area contributed by atoms with Crippen LogP contribution < -0.4 is 5.56 Å². The van der Waals surface area contributed by atoms with Crippen molar-refractivity contribution < 1.29 is 4.79 Å². The predicted octanol–water partition coefficient (Wildman–Crippen LogP) is 4.94. The Kier molecular flexibility index (Phi) is 7.05. The Hall–Kier alpha value is -2.92. The molecule has 35 heavy (non-hydrogen) atoms. The van der Waals surface area contributed by atoms with Crippen molar-refractivity contribution in [3.63, 3.8) is 0 Å². The number of hydrogen-bond acceptors (Lipinski definition) is 3. The standard InChI is InChI=1S/C30H37N3O2/c1-31-18-17-28(26(21-31)22-11-5-3-6-12-22)33(30(35)23-13-7-4-8-14-23)20-25-19-24-15-9-10-16-27(24)32(2)29(25)34/h3,5-6,9-12,15-16,19,23,26,28H,4,7-8,13-14,17-18,20-21H2,1-2H3. The summed E-state index contributed by atoms with van der Waals surface area (Å²) in [6.07, 6.45) is 6.31. The Bertz CT molecular complexity index is 1230. The number of aryl methyl sites for hydroxylation is 1. The van der Waals surface area contributed by atoms with Crippen LogP contribution in [0.15, 0.2) is 65.5 Å². The molecule has 1 saturated heterocycles. The molecule has 0 radical (unpaired) electrons. The van der Waals surface area contributed by atoms with E-state index in [1.165, 1.54) is 12.0 Å². The van der Waals surface area contributed by atoms with Crippen molar-refractivity contribution in [3.05, 3.63) is 82.1 Å². The van der Waals surface area contributed by atoms with Gasteiger partial charge in [0, 0.05) is 37.0 Å². The van der Waals surface area contributed by atoms with Crippen LogP contribution in [-0.4, -0.2) is 46.5 Å². The van der Waals surface area contributed by atoms with E-state index in [1.807, 2.05) is 37.4 Å². The molecule has 1 aromatic heterocycles. The van der Waals surface area contributed by atoms with Gasteiger partial charge in [-0.1, -0.05) is 67.8 Å². The zero-order valence-corrected chi connectivity index (χ0v) is 21.0. The zero-order valence-electron chi connectivity index (χ0n) is 21.0. The molecule has 1 aliphatic heterocycles. The van der Waals surface area contributed by atoms with E-state index in [4.69, 9.17) is 0 Å². The molecular weight excluding hydrogens is 434 g/mol. The van der Waals surface area contributed by atoms with E-state index in [9.17, 15) is 9.59 Å². The van der Waals surface area contributed by atoms with E-state index in [0.29, 0.717) is 12.1 Å². The van der Waals surface area contributed by atoms with Crippen molar-refractivity contribution in [1.29, 1.82) is 0 Å². The molecule has 5 heteroatoms. The smallest absolute Gasteiger partial charge is 0.255 e. The van der Waals surface area contributed by atoms with E-state index in [2.05, 4.69) is 47.2 Å². The highest BCUT2D eigenvalue weighted by Gasteiger charge is 2.38. The van der Waals surface area contributed by atoms with Crippen molar-refractivity contribution in [1.82, 2.24) is 14.4 Å². The van der Waals surface area contributed by atoms with Gasteiger partial charge in [-0.05, 0) is 55.9 Å². The number of rotatable bonds is 5. The fourth-order valence-corrected chi connectivity index (χ4v) is 6.23. The predicted molar refractivity (Wildman–Crippen MR) is 141 cm³/mol. The van der Waals surface area contributed by atoms with Crippen molar-refractivity contribution in [3.8, 4) is 0 Å². The molecule has 1 aliphatic carbocycles. The Morgan fingerprint density at radius 3 is 2.43 bits per heavy atom. The number of carbonyl (C=O) groups excluding carboxylic acids is 1. The lowest BCUT2D eigenvalue weighted by Crippen LogP contribution is -2.52. The van der Waals surface area contributed by atoms with Gasteiger partial charge in [-0.2, -0.15) is 0 Å². The first-order valence-corrected chi connectivity index (χ1v) is 13.1. The highest BCUT2D eigenvalue weighted by Crippen LogP contribution is 2.34. The molecular formula is C30H37N3O2. The summed E-state index contributed by atoms with van der Waals surface area (Å²) in [7, 11) is 4.00. The van der Waals surface area contributed by atoms with Crippen LogP contribution in [0.1, 0.15) is 55.6 Å². The molecule has 184 valence electrons. The third-order valence-corrected chi connectivity index (χ3v) is 8.19. The minimum absolute atomic E-state index is 0.00525. The Morgan fingerprint density at radius 1 is 0.943 bits per heavy atom. The molecule has 1 amide bonds. The molecule has 2 unspecified atom stereocenters. The van der Waals surface area contributed by atoms with E-state index in [0.717, 1.165) is 56.1 Å². The molecule has 2 atom stereocenters. The first-order valence-electron chi connectivity index (χ1n) is 13.1. The topological polar surface area (TPSA) is 45.5 Å². The van der Waals surface area contributed by atoms with Crippen molar-refractivity contribution >= 4 is 16.8 Å². The number of pyridine rings is 1. The number of fused-ring (bicyclic) bond motifs is 1.